The van der Waals surface area contributed by atoms with Crippen molar-refractivity contribution in [1.29, 1.82) is 0 Å². The predicted octanol–water partition coefficient (Wildman–Crippen LogP) is 1.15. The van der Waals surface area contributed by atoms with Crippen LogP contribution in [0.15, 0.2) is 36.5 Å². The topological polar surface area (TPSA) is 111 Å². The van der Waals surface area contributed by atoms with Crippen LogP contribution in [-0.4, -0.2) is 31.7 Å². The van der Waals surface area contributed by atoms with Crippen molar-refractivity contribution in [2.75, 3.05) is 0 Å². The number of fused-ring (bicyclic) bond motifs is 1. The van der Waals surface area contributed by atoms with Gasteiger partial charge in [0.1, 0.15) is 18.1 Å². The first-order valence-corrected chi connectivity index (χ1v) is 7.10. The summed E-state index contributed by atoms with van der Waals surface area (Å²) in [5.74, 6) is 3.22. The molecule has 0 fully saturated rings. The summed E-state index contributed by atoms with van der Waals surface area (Å²) in [7, 11) is 0. The zero-order chi connectivity index (χ0) is 18.0. The predicted molar refractivity (Wildman–Crippen MR) is 86.1 cm³/mol. The zero-order valence-corrected chi connectivity index (χ0v) is 12.7. The molecule has 0 aliphatic rings. The van der Waals surface area contributed by atoms with E-state index in [4.69, 9.17) is 10.8 Å². The summed E-state index contributed by atoms with van der Waals surface area (Å²) in [6, 6.07) is 7.23. The molecule has 0 unspecified atom stereocenters. The summed E-state index contributed by atoms with van der Waals surface area (Å²) in [6.07, 6.45) is 1.31. The molecule has 1 aromatic carbocycles. The molecule has 25 heavy (non-hydrogen) atoms. The van der Waals surface area contributed by atoms with Gasteiger partial charge < -0.3 is 10.8 Å². The van der Waals surface area contributed by atoms with Gasteiger partial charge in [0.15, 0.2) is 5.69 Å². The van der Waals surface area contributed by atoms with Crippen LogP contribution < -0.4 is 5.73 Å². The number of carbonyl (C=O) groups excluding carboxylic acids is 1. The minimum absolute atomic E-state index is 0.0382. The van der Waals surface area contributed by atoms with E-state index < -0.39 is 24.2 Å². The number of nitrogens with two attached hydrogens (primary N) is 1. The lowest BCUT2D eigenvalue weighted by atomic mass is 10.1. The molecule has 0 spiro atoms. The number of carboxylic acid groups (broad SMARTS) is 1. The number of hydrogen-bond acceptors (Lipinski definition) is 4. The molecular weight excluding hydrogens is 327 g/mol. The van der Waals surface area contributed by atoms with Gasteiger partial charge >= 0.3 is 5.97 Å². The standard InChI is InChI=1S/C17H11FN4O3/c18-11-5-6-20-12(8-11)3-1-10-2-4-14-13(7-10)16(17(19)25)21-22(14)9-15(23)24/h2,4-8H,9H2,(H2,19,25)(H,23,24). The first-order valence-electron chi connectivity index (χ1n) is 7.10. The largest absolute Gasteiger partial charge is 0.480 e. The van der Waals surface area contributed by atoms with E-state index in [9.17, 15) is 14.0 Å². The quantitative estimate of drug-likeness (QED) is 0.696. The van der Waals surface area contributed by atoms with Gasteiger partial charge in [0.25, 0.3) is 5.91 Å². The highest BCUT2D eigenvalue weighted by molar-refractivity contribution is 6.04. The molecule has 0 radical (unpaired) electrons. The van der Waals surface area contributed by atoms with Crippen molar-refractivity contribution in [3.05, 3.63) is 59.3 Å². The monoisotopic (exact) mass is 338 g/mol. The van der Waals surface area contributed by atoms with Crippen LogP contribution in [0.2, 0.25) is 0 Å². The van der Waals surface area contributed by atoms with E-state index in [2.05, 4.69) is 21.9 Å². The second-order valence-corrected chi connectivity index (χ2v) is 5.11. The molecule has 2 aromatic heterocycles. The minimum Gasteiger partial charge on any atom is -0.480 e. The van der Waals surface area contributed by atoms with Gasteiger partial charge in [-0.2, -0.15) is 5.10 Å². The molecule has 3 rings (SSSR count). The molecule has 0 aliphatic carbocycles. The average molecular weight is 338 g/mol. The van der Waals surface area contributed by atoms with Crippen LogP contribution in [0.3, 0.4) is 0 Å². The Balaban J connectivity index is 2.06. The van der Waals surface area contributed by atoms with E-state index in [0.29, 0.717) is 16.5 Å². The molecule has 1 amide bonds. The molecule has 0 saturated heterocycles. The second kappa shape index (κ2) is 6.41. The minimum atomic E-state index is -1.10. The molecule has 0 aliphatic heterocycles. The van der Waals surface area contributed by atoms with Crippen molar-refractivity contribution in [3.8, 4) is 11.8 Å². The lowest BCUT2D eigenvalue weighted by Crippen LogP contribution is -2.14. The number of aliphatic carboxylic acids is 1. The lowest BCUT2D eigenvalue weighted by Gasteiger charge is -1.98. The maximum Gasteiger partial charge on any atom is 0.325 e. The number of halogens is 1. The third-order valence-corrected chi connectivity index (χ3v) is 3.33. The van der Waals surface area contributed by atoms with Crippen LogP contribution in [0.4, 0.5) is 4.39 Å². The van der Waals surface area contributed by atoms with Crippen LogP contribution in [0, 0.1) is 17.7 Å². The molecule has 3 aromatic rings. The van der Waals surface area contributed by atoms with Gasteiger partial charge in [0.05, 0.1) is 5.52 Å². The Bertz CT molecular complexity index is 1060. The first-order chi connectivity index (χ1) is 11.9. The summed E-state index contributed by atoms with van der Waals surface area (Å²) in [5.41, 5.74) is 6.50. The number of nitrogens with zero attached hydrogens (tertiary/aromatic N) is 3. The van der Waals surface area contributed by atoms with Crippen molar-refractivity contribution in [2.24, 2.45) is 5.73 Å². The number of pyridine rings is 1. The molecule has 124 valence electrons. The van der Waals surface area contributed by atoms with Crippen molar-refractivity contribution in [3.63, 3.8) is 0 Å². The fourth-order valence-corrected chi connectivity index (χ4v) is 2.30. The Morgan fingerprint density at radius 2 is 2.04 bits per heavy atom. The molecule has 2 heterocycles. The molecule has 0 saturated carbocycles. The third-order valence-electron chi connectivity index (χ3n) is 3.33. The highest BCUT2D eigenvalue weighted by atomic mass is 19.1. The average Bonchev–Trinajstić information content (AvgIpc) is 2.90. The maximum absolute atomic E-state index is 13.1. The van der Waals surface area contributed by atoms with E-state index in [1.807, 2.05) is 0 Å². The van der Waals surface area contributed by atoms with Gasteiger partial charge in [-0.1, -0.05) is 5.92 Å². The maximum atomic E-state index is 13.1. The van der Waals surface area contributed by atoms with Crippen LogP contribution >= 0.6 is 0 Å². The first kappa shape index (κ1) is 16.1. The number of carboxylic acids is 1. The van der Waals surface area contributed by atoms with Gasteiger partial charge in [-0.25, -0.2) is 9.37 Å². The summed E-state index contributed by atoms with van der Waals surface area (Å²) in [6.45, 7) is -0.401. The zero-order valence-electron chi connectivity index (χ0n) is 12.7. The normalized spacial score (nSPS) is 10.3. The van der Waals surface area contributed by atoms with Crippen LogP contribution in [0.1, 0.15) is 21.7 Å². The lowest BCUT2D eigenvalue weighted by molar-refractivity contribution is -0.137. The Kier molecular flexibility index (Phi) is 4.14. The van der Waals surface area contributed by atoms with Crippen molar-refractivity contribution in [2.45, 2.75) is 6.54 Å². The fraction of sp³-hybridized carbons (Fsp3) is 0.0588. The van der Waals surface area contributed by atoms with Gasteiger partial charge in [-0.05, 0) is 30.2 Å². The van der Waals surface area contributed by atoms with Gasteiger partial charge in [-0.3, -0.25) is 14.3 Å². The van der Waals surface area contributed by atoms with Gasteiger partial charge in [0, 0.05) is 23.2 Å². The van der Waals surface area contributed by atoms with Crippen LogP contribution in [0.5, 0.6) is 0 Å². The Morgan fingerprint density at radius 1 is 1.24 bits per heavy atom. The second-order valence-electron chi connectivity index (χ2n) is 5.11. The number of aromatic nitrogens is 3. The van der Waals surface area contributed by atoms with E-state index in [0.717, 1.165) is 0 Å². The third kappa shape index (κ3) is 3.45. The molecular formula is C17H11FN4O3. The van der Waals surface area contributed by atoms with E-state index in [-0.39, 0.29) is 11.4 Å². The van der Waals surface area contributed by atoms with E-state index in [1.165, 1.54) is 23.0 Å². The van der Waals surface area contributed by atoms with E-state index >= 15 is 0 Å². The molecule has 0 atom stereocenters. The van der Waals surface area contributed by atoms with Crippen LogP contribution in [-0.2, 0) is 11.3 Å². The van der Waals surface area contributed by atoms with Gasteiger partial charge in [-0.15, -0.1) is 0 Å². The summed E-state index contributed by atoms with van der Waals surface area (Å²) >= 11 is 0. The molecule has 0 bridgehead atoms. The highest BCUT2D eigenvalue weighted by Crippen LogP contribution is 2.20. The van der Waals surface area contributed by atoms with Gasteiger partial charge in [0.2, 0.25) is 0 Å². The fourth-order valence-electron chi connectivity index (χ4n) is 2.30. The molecule has 3 N–H and O–H groups in total. The smallest absolute Gasteiger partial charge is 0.325 e. The van der Waals surface area contributed by atoms with Crippen LogP contribution in [0.25, 0.3) is 10.9 Å². The van der Waals surface area contributed by atoms with Crippen molar-refractivity contribution in [1.82, 2.24) is 14.8 Å². The number of primary amides is 1. The SMILES string of the molecule is NC(=O)c1nn(CC(=O)O)c2ccc(C#Cc3cc(F)ccn3)cc12. The Hall–Kier alpha value is -3.73. The number of carbonyl (C=O) groups is 2. The highest BCUT2D eigenvalue weighted by Gasteiger charge is 2.16. The summed E-state index contributed by atoms with van der Waals surface area (Å²) in [5, 5.41) is 13.3. The molecule has 8 heteroatoms. The number of amides is 1. The summed E-state index contributed by atoms with van der Waals surface area (Å²) in [4.78, 5) is 26.4. The Morgan fingerprint density at radius 3 is 2.72 bits per heavy atom. The Labute approximate surface area is 140 Å². The van der Waals surface area contributed by atoms with E-state index in [1.54, 1.807) is 18.2 Å². The summed E-state index contributed by atoms with van der Waals surface area (Å²) < 4.78 is 14.3. The molecule has 7 nitrogen and oxygen atoms in total. The number of hydrogen-bond donors (Lipinski definition) is 2. The number of rotatable bonds is 3. The van der Waals surface area contributed by atoms with Crippen molar-refractivity contribution >= 4 is 22.8 Å². The van der Waals surface area contributed by atoms with Crippen molar-refractivity contribution < 1.29 is 19.1 Å². The number of benzene rings is 1.